The summed E-state index contributed by atoms with van der Waals surface area (Å²) in [6.07, 6.45) is -3.15. The largest absolute Gasteiger partial charge is 0.436 e. The van der Waals surface area contributed by atoms with Gasteiger partial charge in [-0.25, -0.2) is 4.98 Å². The number of halogens is 3. The quantitative estimate of drug-likeness (QED) is 0.852. The second kappa shape index (κ2) is 5.31. The van der Waals surface area contributed by atoms with Crippen LogP contribution in [0.4, 0.5) is 18.9 Å². The highest BCUT2D eigenvalue weighted by Gasteiger charge is 2.31. The van der Waals surface area contributed by atoms with Crippen molar-refractivity contribution in [1.82, 2.24) is 4.98 Å². The van der Waals surface area contributed by atoms with Crippen LogP contribution in [0.5, 0.6) is 11.6 Å². The molecule has 0 saturated heterocycles. The Hall–Kier alpha value is -2.77. The summed E-state index contributed by atoms with van der Waals surface area (Å²) in [6, 6.07) is 5.46. The zero-order valence-electron chi connectivity index (χ0n) is 10.5. The van der Waals surface area contributed by atoms with E-state index in [1.807, 2.05) is 0 Å². The Morgan fingerprint density at radius 2 is 1.95 bits per heavy atom. The standard InChI is InChI=1S/C13H10F3N3O2/c14-13(15,16)7-3-4-10(9(17)6-7)21-12-8(11(18)20)2-1-5-19-12/h1-6H,17H2,(H2,18,20). The van der Waals surface area contributed by atoms with E-state index in [0.29, 0.717) is 0 Å². The smallest absolute Gasteiger partial charge is 0.416 e. The van der Waals surface area contributed by atoms with Crippen LogP contribution in [-0.2, 0) is 6.18 Å². The zero-order chi connectivity index (χ0) is 15.6. The summed E-state index contributed by atoms with van der Waals surface area (Å²) in [6.45, 7) is 0. The molecule has 0 fully saturated rings. The molecule has 0 atom stereocenters. The van der Waals surface area contributed by atoms with E-state index < -0.39 is 17.6 Å². The van der Waals surface area contributed by atoms with Crippen LogP contribution in [0.15, 0.2) is 36.5 Å². The molecule has 0 aliphatic heterocycles. The first-order chi connectivity index (χ1) is 9.79. The topological polar surface area (TPSA) is 91.2 Å². The van der Waals surface area contributed by atoms with Crippen LogP contribution in [0.25, 0.3) is 0 Å². The number of pyridine rings is 1. The number of hydrogen-bond acceptors (Lipinski definition) is 4. The van der Waals surface area contributed by atoms with Gasteiger partial charge in [0.1, 0.15) is 5.56 Å². The fraction of sp³-hybridized carbons (Fsp3) is 0.0769. The third kappa shape index (κ3) is 3.22. The van der Waals surface area contributed by atoms with Gasteiger partial charge in [-0.15, -0.1) is 0 Å². The average Bonchev–Trinajstić information content (AvgIpc) is 2.40. The molecule has 4 N–H and O–H groups in total. The van der Waals surface area contributed by atoms with Gasteiger partial charge in [0.05, 0.1) is 11.3 Å². The van der Waals surface area contributed by atoms with Gasteiger partial charge in [-0.2, -0.15) is 13.2 Å². The molecule has 2 aromatic rings. The monoisotopic (exact) mass is 297 g/mol. The van der Waals surface area contributed by atoms with E-state index in [-0.39, 0.29) is 22.9 Å². The number of ether oxygens (including phenoxy) is 1. The molecule has 0 saturated carbocycles. The Balaban J connectivity index is 2.35. The maximum Gasteiger partial charge on any atom is 0.416 e. The molecule has 0 radical (unpaired) electrons. The molecule has 1 aromatic carbocycles. The molecule has 110 valence electrons. The Labute approximate surface area is 117 Å². The number of carbonyl (C=O) groups excluding carboxylic acids is 1. The fourth-order valence-corrected chi connectivity index (χ4v) is 1.58. The number of carbonyl (C=O) groups is 1. The molecule has 1 heterocycles. The first-order valence-electron chi connectivity index (χ1n) is 5.68. The normalized spacial score (nSPS) is 11.2. The Bertz CT molecular complexity index is 687. The number of aromatic nitrogens is 1. The van der Waals surface area contributed by atoms with Crippen molar-refractivity contribution < 1.29 is 22.7 Å². The predicted octanol–water partition coefficient (Wildman–Crippen LogP) is 2.57. The third-order valence-corrected chi connectivity index (χ3v) is 2.58. The minimum absolute atomic E-state index is 0.00296. The van der Waals surface area contributed by atoms with E-state index in [4.69, 9.17) is 16.2 Å². The van der Waals surface area contributed by atoms with Crippen molar-refractivity contribution in [2.24, 2.45) is 5.73 Å². The second-order valence-electron chi connectivity index (χ2n) is 4.07. The van der Waals surface area contributed by atoms with Crippen molar-refractivity contribution in [3.05, 3.63) is 47.7 Å². The molecular weight excluding hydrogens is 287 g/mol. The second-order valence-corrected chi connectivity index (χ2v) is 4.07. The number of benzene rings is 1. The highest BCUT2D eigenvalue weighted by Crippen LogP contribution is 2.35. The fourth-order valence-electron chi connectivity index (χ4n) is 1.58. The number of primary amides is 1. The van der Waals surface area contributed by atoms with Crippen molar-refractivity contribution in [1.29, 1.82) is 0 Å². The lowest BCUT2D eigenvalue weighted by atomic mass is 10.2. The van der Waals surface area contributed by atoms with Gasteiger partial charge in [0.2, 0.25) is 5.88 Å². The van der Waals surface area contributed by atoms with Gasteiger partial charge in [0.15, 0.2) is 5.75 Å². The zero-order valence-corrected chi connectivity index (χ0v) is 10.5. The molecule has 0 aliphatic carbocycles. The molecule has 5 nitrogen and oxygen atoms in total. The van der Waals surface area contributed by atoms with Crippen molar-refractivity contribution >= 4 is 11.6 Å². The summed E-state index contributed by atoms with van der Waals surface area (Å²) in [5, 5.41) is 0. The van der Waals surface area contributed by atoms with Crippen LogP contribution in [-0.4, -0.2) is 10.9 Å². The number of nitrogens with two attached hydrogens (primary N) is 2. The molecule has 2 rings (SSSR count). The Morgan fingerprint density at radius 3 is 2.52 bits per heavy atom. The molecule has 8 heteroatoms. The number of nitrogens with zero attached hydrogens (tertiary/aromatic N) is 1. The van der Waals surface area contributed by atoms with Gasteiger partial charge in [-0.1, -0.05) is 0 Å². The van der Waals surface area contributed by atoms with E-state index in [1.165, 1.54) is 18.3 Å². The van der Waals surface area contributed by atoms with Gasteiger partial charge < -0.3 is 16.2 Å². The molecular formula is C13H10F3N3O2. The minimum Gasteiger partial charge on any atom is -0.436 e. The summed E-state index contributed by atoms with van der Waals surface area (Å²) in [5.41, 5.74) is 9.54. The van der Waals surface area contributed by atoms with Gasteiger partial charge in [0.25, 0.3) is 5.91 Å². The summed E-state index contributed by atoms with van der Waals surface area (Å²) < 4.78 is 42.8. The van der Waals surface area contributed by atoms with Gasteiger partial charge in [-0.05, 0) is 30.3 Å². The first kappa shape index (κ1) is 14.6. The van der Waals surface area contributed by atoms with E-state index in [2.05, 4.69) is 4.98 Å². The van der Waals surface area contributed by atoms with Gasteiger partial charge in [-0.3, -0.25) is 4.79 Å². The number of nitrogen functional groups attached to an aromatic ring is 1. The van der Waals surface area contributed by atoms with Crippen LogP contribution in [0.1, 0.15) is 15.9 Å². The van der Waals surface area contributed by atoms with Gasteiger partial charge >= 0.3 is 6.18 Å². The summed E-state index contributed by atoms with van der Waals surface area (Å²) >= 11 is 0. The number of alkyl halides is 3. The highest BCUT2D eigenvalue weighted by molar-refractivity contribution is 5.95. The molecule has 0 bridgehead atoms. The lowest BCUT2D eigenvalue weighted by Gasteiger charge is -2.12. The van der Waals surface area contributed by atoms with Crippen molar-refractivity contribution in [2.75, 3.05) is 5.73 Å². The molecule has 1 aromatic heterocycles. The minimum atomic E-state index is -4.50. The summed E-state index contributed by atoms with van der Waals surface area (Å²) in [4.78, 5) is 15.0. The highest BCUT2D eigenvalue weighted by atomic mass is 19.4. The number of rotatable bonds is 3. The maximum absolute atomic E-state index is 12.5. The lowest BCUT2D eigenvalue weighted by Crippen LogP contribution is -2.13. The van der Waals surface area contributed by atoms with E-state index in [1.54, 1.807) is 0 Å². The van der Waals surface area contributed by atoms with Crippen LogP contribution in [0.2, 0.25) is 0 Å². The molecule has 0 unspecified atom stereocenters. The maximum atomic E-state index is 12.5. The SMILES string of the molecule is NC(=O)c1cccnc1Oc1ccc(C(F)(F)F)cc1N. The average molecular weight is 297 g/mol. The van der Waals surface area contributed by atoms with Crippen LogP contribution < -0.4 is 16.2 Å². The van der Waals surface area contributed by atoms with Crippen molar-refractivity contribution in [2.45, 2.75) is 6.18 Å². The van der Waals surface area contributed by atoms with Crippen LogP contribution in [0, 0.1) is 0 Å². The van der Waals surface area contributed by atoms with E-state index in [9.17, 15) is 18.0 Å². The molecule has 1 amide bonds. The Morgan fingerprint density at radius 1 is 1.24 bits per heavy atom. The number of anilines is 1. The molecule has 0 aliphatic rings. The number of amides is 1. The summed E-state index contributed by atoms with van der Waals surface area (Å²) in [7, 11) is 0. The third-order valence-electron chi connectivity index (χ3n) is 2.58. The van der Waals surface area contributed by atoms with Crippen molar-refractivity contribution in [3.8, 4) is 11.6 Å². The molecule has 21 heavy (non-hydrogen) atoms. The van der Waals surface area contributed by atoms with Gasteiger partial charge in [0, 0.05) is 6.20 Å². The van der Waals surface area contributed by atoms with E-state index >= 15 is 0 Å². The van der Waals surface area contributed by atoms with Crippen LogP contribution >= 0.6 is 0 Å². The van der Waals surface area contributed by atoms with E-state index in [0.717, 1.165) is 18.2 Å². The summed E-state index contributed by atoms with van der Waals surface area (Å²) in [5.74, 6) is -0.954. The van der Waals surface area contributed by atoms with Crippen LogP contribution in [0.3, 0.4) is 0 Å². The van der Waals surface area contributed by atoms with Crippen molar-refractivity contribution in [3.63, 3.8) is 0 Å². The lowest BCUT2D eigenvalue weighted by molar-refractivity contribution is -0.137. The Kier molecular flexibility index (Phi) is 3.70. The predicted molar refractivity (Wildman–Crippen MR) is 68.7 cm³/mol. The number of hydrogen-bond donors (Lipinski definition) is 2. The first-order valence-corrected chi connectivity index (χ1v) is 5.68. The molecule has 0 spiro atoms.